The van der Waals surface area contributed by atoms with Crippen LogP contribution in [0.1, 0.15) is 38.8 Å². The molecule has 2 heteroatoms. The second-order valence-corrected chi connectivity index (χ2v) is 6.48. The monoisotopic (exact) mass is 262 g/mol. The molecule has 0 aliphatic rings. The third-order valence-corrected chi connectivity index (χ3v) is 3.50. The summed E-state index contributed by atoms with van der Waals surface area (Å²) in [6.45, 7) is 11.0. The molecule has 0 aliphatic heterocycles. The molecule has 0 atom stereocenters. The standard InChI is InChI=1S/C17H30N2/c1-14(2)12-16-8-6-15(7-9-16)10-11-19-13-17(3,4)18-5/h6-9,14,18-19H,10-13H2,1-5H3. The van der Waals surface area contributed by atoms with E-state index in [9.17, 15) is 0 Å². The van der Waals surface area contributed by atoms with Crippen molar-refractivity contribution in [3.63, 3.8) is 0 Å². The zero-order valence-corrected chi connectivity index (χ0v) is 13.2. The minimum atomic E-state index is 0.168. The molecule has 0 saturated carbocycles. The molecule has 0 unspecified atom stereocenters. The molecule has 0 fully saturated rings. The Balaban J connectivity index is 2.30. The van der Waals surface area contributed by atoms with E-state index in [-0.39, 0.29) is 5.54 Å². The predicted octanol–water partition coefficient (Wildman–Crippen LogP) is 3.02. The first-order valence-corrected chi connectivity index (χ1v) is 7.40. The van der Waals surface area contributed by atoms with Crippen LogP contribution in [0, 0.1) is 5.92 Å². The highest BCUT2D eigenvalue weighted by molar-refractivity contribution is 5.23. The maximum atomic E-state index is 3.51. The van der Waals surface area contributed by atoms with E-state index in [0.29, 0.717) is 0 Å². The van der Waals surface area contributed by atoms with Crippen molar-refractivity contribution < 1.29 is 0 Å². The third-order valence-electron chi connectivity index (χ3n) is 3.50. The van der Waals surface area contributed by atoms with Crippen LogP contribution >= 0.6 is 0 Å². The summed E-state index contributed by atoms with van der Waals surface area (Å²) in [5.41, 5.74) is 3.03. The van der Waals surface area contributed by atoms with Gasteiger partial charge in [-0.25, -0.2) is 0 Å². The molecule has 0 heterocycles. The van der Waals surface area contributed by atoms with Gasteiger partial charge in [0, 0.05) is 12.1 Å². The van der Waals surface area contributed by atoms with Crippen LogP contribution in [0.15, 0.2) is 24.3 Å². The second kappa shape index (κ2) is 7.66. The smallest absolute Gasteiger partial charge is 0.0246 e. The molecule has 0 aliphatic carbocycles. The van der Waals surface area contributed by atoms with E-state index >= 15 is 0 Å². The fraction of sp³-hybridized carbons (Fsp3) is 0.647. The van der Waals surface area contributed by atoms with Crippen LogP contribution < -0.4 is 10.6 Å². The maximum Gasteiger partial charge on any atom is 0.0246 e. The fourth-order valence-electron chi connectivity index (χ4n) is 2.04. The van der Waals surface area contributed by atoms with E-state index < -0.39 is 0 Å². The Morgan fingerprint density at radius 3 is 2.16 bits per heavy atom. The lowest BCUT2D eigenvalue weighted by Crippen LogP contribution is -2.46. The fourth-order valence-corrected chi connectivity index (χ4v) is 2.04. The van der Waals surface area contributed by atoms with Gasteiger partial charge in [-0.05, 0) is 57.3 Å². The van der Waals surface area contributed by atoms with Crippen LogP contribution in [-0.4, -0.2) is 25.7 Å². The molecule has 0 bridgehead atoms. The molecule has 1 aromatic carbocycles. The minimum Gasteiger partial charge on any atom is -0.315 e. The lowest BCUT2D eigenvalue weighted by atomic mass is 10.0. The molecular formula is C17H30N2. The van der Waals surface area contributed by atoms with Gasteiger partial charge in [0.05, 0.1) is 0 Å². The van der Waals surface area contributed by atoms with Gasteiger partial charge in [-0.1, -0.05) is 38.1 Å². The summed E-state index contributed by atoms with van der Waals surface area (Å²) in [5.74, 6) is 0.733. The van der Waals surface area contributed by atoms with Crippen LogP contribution in [0.4, 0.5) is 0 Å². The molecular weight excluding hydrogens is 232 g/mol. The second-order valence-electron chi connectivity index (χ2n) is 6.48. The summed E-state index contributed by atoms with van der Waals surface area (Å²) >= 11 is 0. The Hall–Kier alpha value is -0.860. The van der Waals surface area contributed by atoms with Crippen LogP contribution in [0.2, 0.25) is 0 Å². The van der Waals surface area contributed by atoms with E-state index in [1.807, 2.05) is 7.05 Å². The van der Waals surface area contributed by atoms with E-state index in [1.54, 1.807) is 0 Å². The van der Waals surface area contributed by atoms with E-state index in [2.05, 4.69) is 62.6 Å². The van der Waals surface area contributed by atoms with E-state index in [0.717, 1.165) is 25.4 Å². The largest absolute Gasteiger partial charge is 0.315 e. The van der Waals surface area contributed by atoms with Gasteiger partial charge < -0.3 is 10.6 Å². The molecule has 0 aromatic heterocycles. The highest BCUT2D eigenvalue weighted by Crippen LogP contribution is 2.10. The van der Waals surface area contributed by atoms with Crippen molar-refractivity contribution in [1.82, 2.24) is 10.6 Å². The molecule has 0 spiro atoms. The summed E-state index contributed by atoms with van der Waals surface area (Å²) in [5, 5.41) is 6.81. The van der Waals surface area contributed by atoms with Gasteiger partial charge >= 0.3 is 0 Å². The topological polar surface area (TPSA) is 24.1 Å². The Bertz CT molecular complexity index is 352. The number of rotatable bonds is 8. The zero-order valence-electron chi connectivity index (χ0n) is 13.2. The molecule has 1 aromatic rings. The molecule has 108 valence electrons. The maximum absolute atomic E-state index is 3.51. The quantitative estimate of drug-likeness (QED) is 0.704. The number of benzene rings is 1. The van der Waals surface area contributed by atoms with Gasteiger partial charge in [0.1, 0.15) is 0 Å². The molecule has 0 radical (unpaired) electrons. The predicted molar refractivity (Wildman–Crippen MR) is 84.7 cm³/mol. The van der Waals surface area contributed by atoms with Gasteiger partial charge in [0.15, 0.2) is 0 Å². The first-order valence-electron chi connectivity index (χ1n) is 7.40. The first kappa shape index (κ1) is 16.2. The number of hydrogen-bond acceptors (Lipinski definition) is 2. The average molecular weight is 262 g/mol. The lowest BCUT2D eigenvalue weighted by molar-refractivity contribution is 0.395. The van der Waals surface area contributed by atoms with Gasteiger partial charge in [0.2, 0.25) is 0 Å². The van der Waals surface area contributed by atoms with Crippen LogP contribution in [0.25, 0.3) is 0 Å². The van der Waals surface area contributed by atoms with Crippen LogP contribution in [0.5, 0.6) is 0 Å². The normalized spacial score (nSPS) is 12.1. The SMILES string of the molecule is CNC(C)(C)CNCCc1ccc(CC(C)C)cc1. The summed E-state index contributed by atoms with van der Waals surface area (Å²) in [6.07, 6.45) is 2.27. The Kier molecular flexibility index (Phi) is 6.53. The van der Waals surface area contributed by atoms with Gasteiger partial charge in [0.25, 0.3) is 0 Å². The van der Waals surface area contributed by atoms with Crippen molar-refractivity contribution in [2.45, 2.75) is 46.1 Å². The highest BCUT2D eigenvalue weighted by Gasteiger charge is 2.12. The number of likely N-dealkylation sites (N-methyl/N-ethyl adjacent to an activating group) is 1. The van der Waals surface area contributed by atoms with Crippen molar-refractivity contribution in [2.75, 3.05) is 20.1 Å². The third kappa shape index (κ3) is 6.74. The van der Waals surface area contributed by atoms with Crippen molar-refractivity contribution in [2.24, 2.45) is 5.92 Å². The van der Waals surface area contributed by atoms with E-state index in [4.69, 9.17) is 0 Å². The number of hydrogen-bond donors (Lipinski definition) is 2. The van der Waals surface area contributed by atoms with Crippen molar-refractivity contribution in [3.8, 4) is 0 Å². The summed E-state index contributed by atoms with van der Waals surface area (Å²) in [6, 6.07) is 9.07. The van der Waals surface area contributed by atoms with Crippen LogP contribution in [-0.2, 0) is 12.8 Å². The molecule has 0 saturated heterocycles. The molecule has 2 nitrogen and oxygen atoms in total. The van der Waals surface area contributed by atoms with Crippen molar-refractivity contribution in [3.05, 3.63) is 35.4 Å². The lowest BCUT2D eigenvalue weighted by Gasteiger charge is -2.24. The molecule has 1 rings (SSSR count). The molecule has 2 N–H and O–H groups in total. The number of nitrogens with one attached hydrogen (secondary N) is 2. The molecule has 0 amide bonds. The molecule has 19 heavy (non-hydrogen) atoms. The Labute approximate surface area is 119 Å². The van der Waals surface area contributed by atoms with Gasteiger partial charge in [-0.3, -0.25) is 0 Å². The Morgan fingerprint density at radius 1 is 1.05 bits per heavy atom. The van der Waals surface area contributed by atoms with Gasteiger partial charge in [-0.15, -0.1) is 0 Å². The van der Waals surface area contributed by atoms with E-state index in [1.165, 1.54) is 17.5 Å². The first-order chi connectivity index (χ1) is 8.93. The average Bonchev–Trinajstić information content (AvgIpc) is 2.36. The van der Waals surface area contributed by atoms with Gasteiger partial charge in [-0.2, -0.15) is 0 Å². The van der Waals surface area contributed by atoms with Crippen molar-refractivity contribution in [1.29, 1.82) is 0 Å². The summed E-state index contributed by atoms with van der Waals surface area (Å²) in [4.78, 5) is 0. The van der Waals surface area contributed by atoms with Crippen LogP contribution in [0.3, 0.4) is 0 Å². The highest BCUT2D eigenvalue weighted by atomic mass is 15.0. The van der Waals surface area contributed by atoms with Crippen molar-refractivity contribution >= 4 is 0 Å². The summed E-state index contributed by atoms with van der Waals surface area (Å²) < 4.78 is 0. The Morgan fingerprint density at radius 2 is 1.63 bits per heavy atom. The minimum absolute atomic E-state index is 0.168. The summed E-state index contributed by atoms with van der Waals surface area (Å²) in [7, 11) is 2.01. The zero-order chi connectivity index (χ0) is 14.3.